The number of thiazole rings is 1. The molecule has 0 amide bonds. The number of rotatable bonds is 2. The lowest BCUT2D eigenvalue weighted by Crippen LogP contribution is -2.14. The summed E-state index contributed by atoms with van der Waals surface area (Å²) in [5.74, 6) is 0.183. The minimum Gasteiger partial charge on any atom is -0.368 e. The van der Waals surface area contributed by atoms with Crippen LogP contribution in [0.1, 0.15) is 5.56 Å². The Hall–Kier alpha value is -2.21. The highest BCUT2D eigenvalue weighted by atomic mass is 32.1. The van der Waals surface area contributed by atoms with Gasteiger partial charge in [0.25, 0.3) is 0 Å². The van der Waals surface area contributed by atoms with Gasteiger partial charge in [-0.3, -0.25) is 9.36 Å². The molecule has 1 aromatic carbocycles. The van der Waals surface area contributed by atoms with Gasteiger partial charge in [-0.05, 0) is 5.56 Å². The number of nitrogens with two attached hydrogens (primary N) is 1. The minimum absolute atomic E-state index is 0.0475. The highest BCUT2D eigenvalue weighted by Gasteiger charge is 2.10. The van der Waals surface area contributed by atoms with Crippen molar-refractivity contribution in [2.24, 2.45) is 0 Å². The van der Waals surface area contributed by atoms with Crippen molar-refractivity contribution in [2.75, 3.05) is 5.73 Å². The van der Waals surface area contributed by atoms with Crippen LogP contribution in [0.25, 0.3) is 10.3 Å². The number of nitrogen functional groups attached to an aromatic ring is 1. The molecule has 3 aromatic rings. The average molecular weight is 258 g/mol. The van der Waals surface area contributed by atoms with Crippen molar-refractivity contribution in [3.63, 3.8) is 0 Å². The molecule has 2 heterocycles. The van der Waals surface area contributed by atoms with E-state index in [9.17, 15) is 4.79 Å². The molecule has 0 bridgehead atoms. The van der Waals surface area contributed by atoms with Gasteiger partial charge in [-0.15, -0.1) is 0 Å². The number of hydrogen-bond acceptors (Lipinski definition) is 5. The molecule has 0 saturated heterocycles. The Kier molecular flexibility index (Phi) is 2.56. The van der Waals surface area contributed by atoms with Crippen LogP contribution >= 0.6 is 11.3 Å². The quantitative estimate of drug-likeness (QED) is 0.755. The molecule has 90 valence electrons. The van der Waals surface area contributed by atoms with E-state index in [0.29, 0.717) is 12.2 Å². The monoisotopic (exact) mass is 258 g/mol. The molecule has 5 nitrogen and oxygen atoms in total. The molecule has 2 aromatic heterocycles. The van der Waals surface area contributed by atoms with Gasteiger partial charge in [-0.2, -0.15) is 4.98 Å². The van der Waals surface area contributed by atoms with Gasteiger partial charge >= 0.3 is 4.87 Å². The van der Waals surface area contributed by atoms with Gasteiger partial charge in [0.2, 0.25) is 5.95 Å². The zero-order valence-corrected chi connectivity index (χ0v) is 10.2. The van der Waals surface area contributed by atoms with Gasteiger partial charge < -0.3 is 5.73 Å². The first-order valence-corrected chi connectivity index (χ1v) is 6.21. The van der Waals surface area contributed by atoms with Crippen molar-refractivity contribution >= 4 is 27.6 Å². The van der Waals surface area contributed by atoms with E-state index in [0.717, 1.165) is 21.6 Å². The van der Waals surface area contributed by atoms with Crippen LogP contribution in [0, 0.1) is 0 Å². The summed E-state index contributed by atoms with van der Waals surface area (Å²) in [5.41, 5.74) is 7.21. The van der Waals surface area contributed by atoms with E-state index in [1.807, 2.05) is 30.3 Å². The molecular weight excluding hydrogens is 248 g/mol. The van der Waals surface area contributed by atoms with Crippen LogP contribution < -0.4 is 10.6 Å². The molecule has 0 radical (unpaired) electrons. The fraction of sp³-hybridized carbons (Fsp3) is 0.0833. The maximum atomic E-state index is 11.9. The number of benzene rings is 1. The molecule has 0 atom stereocenters. The number of fused-ring (bicyclic) bond motifs is 1. The van der Waals surface area contributed by atoms with Crippen molar-refractivity contribution in [3.8, 4) is 0 Å². The summed E-state index contributed by atoms with van der Waals surface area (Å²) in [6.45, 7) is 0.496. The van der Waals surface area contributed by atoms with Crippen LogP contribution in [-0.4, -0.2) is 14.5 Å². The van der Waals surface area contributed by atoms with E-state index >= 15 is 0 Å². The number of anilines is 1. The Morgan fingerprint density at radius 2 is 2.06 bits per heavy atom. The molecule has 0 spiro atoms. The van der Waals surface area contributed by atoms with Crippen LogP contribution in [-0.2, 0) is 6.54 Å². The lowest BCUT2D eigenvalue weighted by molar-refractivity contribution is 0.804. The number of nitrogens with zero attached hydrogens (tertiary/aromatic N) is 3. The molecule has 0 fully saturated rings. The van der Waals surface area contributed by atoms with Gasteiger partial charge in [0.05, 0.1) is 17.4 Å². The minimum atomic E-state index is -0.0475. The summed E-state index contributed by atoms with van der Waals surface area (Å²) < 4.78 is 2.37. The van der Waals surface area contributed by atoms with Gasteiger partial charge in [0.1, 0.15) is 0 Å². The fourth-order valence-electron chi connectivity index (χ4n) is 1.78. The first kappa shape index (κ1) is 10.9. The predicted octanol–water partition coefficient (Wildman–Crippen LogP) is 1.48. The van der Waals surface area contributed by atoms with Crippen LogP contribution in [0.15, 0.2) is 41.3 Å². The third-order valence-electron chi connectivity index (χ3n) is 2.61. The van der Waals surface area contributed by atoms with Crippen LogP contribution in [0.5, 0.6) is 0 Å². The summed E-state index contributed by atoms with van der Waals surface area (Å²) in [4.78, 5) is 19.9. The average Bonchev–Trinajstić information content (AvgIpc) is 2.67. The SMILES string of the molecule is Nc1ncc2sc(=O)n(Cc3ccccc3)c2n1. The van der Waals surface area contributed by atoms with Gasteiger partial charge in [-0.1, -0.05) is 41.7 Å². The van der Waals surface area contributed by atoms with E-state index in [-0.39, 0.29) is 10.8 Å². The van der Waals surface area contributed by atoms with Crippen molar-refractivity contribution in [1.29, 1.82) is 0 Å². The normalized spacial score (nSPS) is 10.9. The Bertz CT molecular complexity index is 748. The Balaban J connectivity index is 2.14. The smallest absolute Gasteiger partial charge is 0.309 e. The summed E-state index contributed by atoms with van der Waals surface area (Å²) in [6.07, 6.45) is 1.59. The summed E-state index contributed by atoms with van der Waals surface area (Å²) in [7, 11) is 0. The molecule has 2 N–H and O–H groups in total. The predicted molar refractivity (Wildman–Crippen MR) is 71.6 cm³/mol. The van der Waals surface area contributed by atoms with Gasteiger partial charge in [0, 0.05) is 0 Å². The van der Waals surface area contributed by atoms with Crippen molar-refractivity contribution in [3.05, 3.63) is 51.8 Å². The van der Waals surface area contributed by atoms with Gasteiger partial charge in [-0.25, -0.2) is 4.98 Å². The molecule has 6 heteroatoms. The fourth-order valence-corrected chi connectivity index (χ4v) is 2.58. The lowest BCUT2D eigenvalue weighted by Gasteiger charge is -2.03. The lowest BCUT2D eigenvalue weighted by atomic mass is 10.2. The summed E-state index contributed by atoms with van der Waals surface area (Å²) >= 11 is 1.13. The van der Waals surface area contributed by atoms with Crippen LogP contribution in [0.2, 0.25) is 0 Å². The van der Waals surface area contributed by atoms with E-state index in [4.69, 9.17) is 5.73 Å². The number of aromatic nitrogens is 3. The van der Waals surface area contributed by atoms with Crippen LogP contribution in [0.4, 0.5) is 5.95 Å². The zero-order chi connectivity index (χ0) is 12.5. The molecule has 3 rings (SSSR count). The first-order valence-electron chi connectivity index (χ1n) is 5.40. The number of hydrogen-bond donors (Lipinski definition) is 1. The molecule has 0 aliphatic carbocycles. The third-order valence-corrected chi connectivity index (χ3v) is 3.51. The largest absolute Gasteiger partial charge is 0.368 e. The zero-order valence-electron chi connectivity index (χ0n) is 9.41. The maximum absolute atomic E-state index is 11.9. The second kappa shape index (κ2) is 4.23. The van der Waals surface area contributed by atoms with Crippen molar-refractivity contribution < 1.29 is 0 Å². The van der Waals surface area contributed by atoms with Crippen molar-refractivity contribution in [1.82, 2.24) is 14.5 Å². The topological polar surface area (TPSA) is 73.8 Å². The molecule has 0 aliphatic rings. The van der Waals surface area contributed by atoms with Gasteiger partial charge in [0.15, 0.2) is 5.65 Å². The van der Waals surface area contributed by atoms with Crippen molar-refractivity contribution in [2.45, 2.75) is 6.54 Å². The third kappa shape index (κ3) is 1.86. The Morgan fingerprint density at radius 1 is 1.28 bits per heavy atom. The standard InChI is InChI=1S/C12H10N4OS/c13-11-14-6-9-10(15-11)16(12(17)18-9)7-8-4-2-1-3-5-8/h1-6H,7H2,(H2,13,14,15). The molecule has 0 unspecified atom stereocenters. The Morgan fingerprint density at radius 3 is 2.83 bits per heavy atom. The molecule has 0 aliphatic heterocycles. The highest BCUT2D eigenvalue weighted by Crippen LogP contribution is 2.15. The highest BCUT2D eigenvalue weighted by molar-refractivity contribution is 7.16. The van der Waals surface area contributed by atoms with E-state index < -0.39 is 0 Å². The van der Waals surface area contributed by atoms with E-state index in [2.05, 4.69) is 9.97 Å². The summed E-state index contributed by atoms with van der Waals surface area (Å²) in [5, 5.41) is 0. The van der Waals surface area contributed by atoms with E-state index in [1.165, 1.54) is 0 Å². The molecule has 0 saturated carbocycles. The first-order chi connectivity index (χ1) is 8.74. The van der Waals surface area contributed by atoms with Crippen LogP contribution in [0.3, 0.4) is 0 Å². The molecular formula is C12H10N4OS. The Labute approximate surface area is 107 Å². The summed E-state index contributed by atoms with van der Waals surface area (Å²) in [6, 6.07) is 9.77. The molecule has 18 heavy (non-hydrogen) atoms. The second-order valence-electron chi connectivity index (χ2n) is 3.86. The van der Waals surface area contributed by atoms with E-state index in [1.54, 1.807) is 10.8 Å². The second-order valence-corrected chi connectivity index (χ2v) is 4.85. The maximum Gasteiger partial charge on any atom is 0.309 e.